The van der Waals surface area contributed by atoms with Crippen molar-refractivity contribution in [2.24, 2.45) is 0 Å². The molecule has 0 amide bonds. The molecule has 0 saturated heterocycles. The number of hydrogen-bond donors (Lipinski definition) is 0. The van der Waals surface area contributed by atoms with Crippen LogP contribution in [0, 0.1) is 0 Å². The van der Waals surface area contributed by atoms with Gasteiger partial charge in [-0.25, -0.2) is 4.79 Å². The standard InChI is InChI=1S/C36H35N2O2/c1-5-37(6-2)29-19-16-27-22-28(35(39)40-32(27)23-29)18-21-33-36(3,4)34-30-15-11-10-14-26(30)17-20-31(34)38(33)24-25-12-8-7-9-13-25/h7-23H,5-6,24H2,1-4H3/q+1. The SMILES string of the molecule is CCN(CC)c1ccc2cc(/C=C/C3=[N+](Cc4ccccc4)c4ccc5ccccc5c4C3(C)C)c(=O)oc2c1. The van der Waals surface area contributed by atoms with Crippen molar-refractivity contribution >= 4 is 44.9 Å². The number of fused-ring (bicyclic) bond motifs is 4. The third-order valence-corrected chi connectivity index (χ3v) is 8.23. The second-order valence-corrected chi connectivity index (χ2v) is 11.0. The zero-order valence-corrected chi connectivity index (χ0v) is 23.6. The number of hydrogen-bond acceptors (Lipinski definition) is 3. The lowest BCUT2D eigenvalue weighted by Crippen LogP contribution is -2.27. The molecule has 0 fully saturated rings. The zero-order chi connectivity index (χ0) is 27.9. The minimum absolute atomic E-state index is 0.267. The van der Waals surface area contributed by atoms with E-state index in [4.69, 9.17) is 4.42 Å². The smallest absolute Gasteiger partial charge is 0.343 e. The number of allylic oxidation sites excluding steroid dienone is 1. The molecule has 4 nitrogen and oxygen atoms in total. The first-order valence-corrected chi connectivity index (χ1v) is 14.1. The molecule has 0 atom stereocenters. The Balaban J connectivity index is 1.46. The van der Waals surface area contributed by atoms with E-state index >= 15 is 0 Å². The lowest BCUT2D eigenvalue weighted by Gasteiger charge is -2.20. The van der Waals surface area contributed by atoms with E-state index in [1.807, 2.05) is 30.3 Å². The van der Waals surface area contributed by atoms with Crippen molar-refractivity contribution in [1.82, 2.24) is 0 Å². The third-order valence-electron chi connectivity index (χ3n) is 8.23. The number of anilines is 1. The maximum atomic E-state index is 13.1. The first-order valence-electron chi connectivity index (χ1n) is 14.1. The Morgan fingerprint density at radius 3 is 2.33 bits per heavy atom. The Labute approximate surface area is 235 Å². The molecular weight excluding hydrogens is 492 g/mol. The molecule has 1 aromatic heterocycles. The van der Waals surface area contributed by atoms with Gasteiger partial charge in [0, 0.05) is 53.5 Å². The summed E-state index contributed by atoms with van der Waals surface area (Å²) in [5.74, 6) is 0. The lowest BCUT2D eigenvalue weighted by atomic mass is 9.79. The van der Waals surface area contributed by atoms with Crippen molar-refractivity contribution in [3.63, 3.8) is 0 Å². The largest absolute Gasteiger partial charge is 0.422 e. The molecule has 0 bridgehead atoms. The van der Waals surface area contributed by atoms with Gasteiger partial charge in [0.25, 0.3) is 0 Å². The summed E-state index contributed by atoms with van der Waals surface area (Å²) in [6.45, 7) is 11.4. The van der Waals surface area contributed by atoms with Crippen molar-refractivity contribution < 1.29 is 8.99 Å². The van der Waals surface area contributed by atoms with Gasteiger partial charge < -0.3 is 9.32 Å². The van der Waals surface area contributed by atoms with Crippen molar-refractivity contribution in [2.45, 2.75) is 39.7 Å². The Morgan fingerprint density at radius 2 is 1.55 bits per heavy atom. The Morgan fingerprint density at radius 1 is 0.825 bits per heavy atom. The van der Waals surface area contributed by atoms with E-state index in [9.17, 15) is 4.79 Å². The fraction of sp³-hybridized carbons (Fsp3) is 0.222. The topological polar surface area (TPSA) is 36.5 Å². The lowest BCUT2D eigenvalue weighted by molar-refractivity contribution is -0.454. The molecule has 4 heteroatoms. The zero-order valence-electron chi connectivity index (χ0n) is 23.6. The molecule has 0 N–H and O–H groups in total. The molecule has 0 saturated carbocycles. The second-order valence-electron chi connectivity index (χ2n) is 11.0. The maximum absolute atomic E-state index is 13.1. The van der Waals surface area contributed by atoms with Crippen molar-refractivity contribution in [3.05, 3.63) is 124 Å². The molecular formula is C36H35N2O2+. The van der Waals surface area contributed by atoms with E-state index in [2.05, 4.69) is 110 Å². The predicted octanol–water partition coefficient (Wildman–Crippen LogP) is 8.08. The average molecular weight is 528 g/mol. The van der Waals surface area contributed by atoms with Gasteiger partial charge in [0.1, 0.15) is 5.58 Å². The number of benzene rings is 4. The van der Waals surface area contributed by atoms with Gasteiger partial charge in [-0.2, -0.15) is 4.58 Å². The van der Waals surface area contributed by atoms with E-state index in [1.54, 1.807) is 0 Å². The average Bonchev–Trinajstić information content (AvgIpc) is 3.18. The Hall–Kier alpha value is -4.44. The van der Waals surface area contributed by atoms with Crippen LogP contribution in [-0.4, -0.2) is 23.4 Å². The molecule has 0 spiro atoms. The molecule has 1 aliphatic rings. The van der Waals surface area contributed by atoms with Gasteiger partial charge in [-0.05, 0) is 68.8 Å². The summed E-state index contributed by atoms with van der Waals surface area (Å²) < 4.78 is 8.22. The van der Waals surface area contributed by atoms with Gasteiger partial charge in [-0.1, -0.05) is 54.6 Å². The molecule has 0 aliphatic carbocycles. The molecule has 6 rings (SSSR count). The molecule has 4 aromatic carbocycles. The van der Waals surface area contributed by atoms with E-state index in [1.165, 1.54) is 27.6 Å². The summed E-state index contributed by atoms with van der Waals surface area (Å²) in [4.78, 5) is 15.4. The van der Waals surface area contributed by atoms with Gasteiger partial charge in [0.05, 0.1) is 11.0 Å². The molecule has 0 unspecified atom stereocenters. The molecule has 200 valence electrons. The highest BCUT2D eigenvalue weighted by molar-refractivity contribution is 6.09. The van der Waals surface area contributed by atoms with Gasteiger partial charge >= 0.3 is 5.63 Å². The monoisotopic (exact) mass is 527 g/mol. The first-order chi connectivity index (χ1) is 19.4. The summed E-state index contributed by atoms with van der Waals surface area (Å²) in [5.41, 5.74) is 6.55. The molecule has 2 heterocycles. The van der Waals surface area contributed by atoms with Crippen LogP contribution in [0.1, 0.15) is 44.4 Å². The maximum Gasteiger partial charge on any atom is 0.343 e. The van der Waals surface area contributed by atoms with Crippen LogP contribution in [0.2, 0.25) is 0 Å². The summed E-state index contributed by atoms with van der Waals surface area (Å²) in [7, 11) is 0. The van der Waals surface area contributed by atoms with Gasteiger partial charge in [0.2, 0.25) is 5.69 Å². The van der Waals surface area contributed by atoms with Gasteiger partial charge in [-0.15, -0.1) is 0 Å². The Kier molecular flexibility index (Phi) is 6.63. The number of nitrogens with zero attached hydrogens (tertiary/aromatic N) is 2. The van der Waals surface area contributed by atoms with Crippen LogP contribution in [0.25, 0.3) is 27.8 Å². The predicted molar refractivity (Wildman–Crippen MR) is 167 cm³/mol. The van der Waals surface area contributed by atoms with Crippen molar-refractivity contribution in [2.75, 3.05) is 18.0 Å². The highest BCUT2D eigenvalue weighted by Gasteiger charge is 2.45. The minimum Gasteiger partial charge on any atom is -0.422 e. The minimum atomic E-state index is -0.325. The van der Waals surface area contributed by atoms with Gasteiger partial charge in [-0.3, -0.25) is 0 Å². The highest BCUT2D eigenvalue weighted by atomic mass is 16.4. The molecule has 5 aromatic rings. The van der Waals surface area contributed by atoms with Crippen molar-refractivity contribution in [1.29, 1.82) is 0 Å². The van der Waals surface area contributed by atoms with E-state index < -0.39 is 0 Å². The molecule has 0 radical (unpaired) electrons. The van der Waals surface area contributed by atoms with Crippen LogP contribution < -0.4 is 10.5 Å². The van der Waals surface area contributed by atoms with Crippen molar-refractivity contribution in [3.8, 4) is 0 Å². The second kappa shape index (κ2) is 10.3. The number of rotatable bonds is 7. The molecule has 40 heavy (non-hydrogen) atoms. The molecule has 1 aliphatic heterocycles. The highest BCUT2D eigenvalue weighted by Crippen LogP contribution is 2.44. The van der Waals surface area contributed by atoms with Crippen LogP contribution in [0.5, 0.6) is 0 Å². The van der Waals surface area contributed by atoms with Crippen LogP contribution in [-0.2, 0) is 12.0 Å². The fourth-order valence-corrected chi connectivity index (χ4v) is 6.16. The van der Waals surface area contributed by atoms with Gasteiger partial charge in [0.15, 0.2) is 12.3 Å². The first kappa shape index (κ1) is 25.8. The van der Waals surface area contributed by atoms with Crippen LogP contribution in [0.4, 0.5) is 11.4 Å². The van der Waals surface area contributed by atoms with E-state index in [0.29, 0.717) is 11.1 Å². The van der Waals surface area contributed by atoms with Crippen LogP contribution in [0.15, 0.2) is 106 Å². The Bertz CT molecular complexity index is 1840. The fourth-order valence-electron chi connectivity index (χ4n) is 6.16. The third kappa shape index (κ3) is 4.44. The van der Waals surface area contributed by atoms with Crippen LogP contribution >= 0.6 is 0 Å². The van der Waals surface area contributed by atoms with E-state index in [-0.39, 0.29) is 11.0 Å². The quantitative estimate of drug-likeness (QED) is 0.159. The van der Waals surface area contributed by atoms with Crippen LogP contribution in [0.3, 0.4) is 0 Å². The normalized spacial score (nSPS) is 14.4. The summed E-state index contributed by atoms with van der Waals surface area (Å²) in [5, 5.41) is 3.42. The summed E-state index contributed by atoms with van der Waals surface area (Å²) in [6.07, 6.45) is 4.03. The summed E-state index contributed by atoms with van der Waals surface area (Å²) >= 11 is 0. The summed E-state index contributed by atoms with van der Waals surface area (Å²) in [6, 6.07) is 31.6. The van der Waals surface area contributed by atoms with E-state index in [0.717, 1.165) is 36.4 Å².